The van der Waals surface area contributed by atoms with Crippen molar-refractivity contribution in [2.24, 2.45) is 0 Å². The molecule has 0 aromatic heterocycles. The summed E-state index contributed by atoms with van der Waals surface area (Å²) in [6.07, 6.45) is 3.15. The lowest BCUT2D eigenvalue weighted by atomic mass is 10.1. The summed E-state index contributed by atoms with van der Waals surface area (Å²) in [5.74, 6) is -0.187. The van der Waals surface area contributed by atoms with Crippen LogP contribution >= 0.6 is 0 Å². The fraction of sp³-hybridized carbons (Fsp3) is 0.350. The maximum absolute atomic E-state index is 13.1. The molecule has 27 heavy (non-hydrogen) atoms. The number of hydrogen-bond acceptors (Lipinski definition) is 4. The number of carbonyl (C=O) groups excluding carboxylic acids is 1. The van der Waals surface area contributed by atoms with Crippen LogP contribution in [-0.2, 0) is 21.2 Å². The van der Waals surface area contributed by atoms with Crippen LogP contribution in [0.5, 0.6) is 0 Å². The van der Waals surface area contributed by atoms with Gasteiger partial charge in [-0.1, -0.05) is 0 Å². The third-order valence-electron chi connectivity index (χ3n) is 5.15. The van der Waals surface area contributed by atoms with Crippen molar-refractivity contribution in [1.82, 2.24) is 0 Å². The normalized spacial score (nSPS) is 16.5. The smallest absolute Gasteiger partial charge is 0.264 e. The van der Waals surface area contributed by atoms with Gasteiger partial charge in [0.05, 0.1) is 10.6 Å². The molecule has 0 spiro atoms. The predicted octanol–water partition coefficient (Wildman–Crippen LogP) is 3.00. The molecule has 0 atom stereocenters. The Balaban J connectivity index is 1.60. The number of fused-ring (bicyclic) bond motifs is 1. The molecule has 0 radical (unpaired) electrons. The molecule has 2 aliphatic heterocycles. The van der Waals surface area contributed by atoms with Crippen LogP contribution in [0.2, 0.25) is 0 Å². The molecular formula is C20H23N3O3S. The van der Waals surface area contributed by atoms with Crippen molar-refractivity contribution in [3.8, 4) is 0 Å². The van der Waals surface area contributed by atoms with Gasteiger partial charge in [-0.05, 0) is 67.3 Å². The summed E-state index contributed by atoms with van der Waals surface area (Å²) in [7, 11) is -3.62. The zero-order chi connectivity index (χ0) is 19.0. The summed E-state index contributed by atoms with van der Waals surface area (Å²) in [5, 5.41) is 2.65. The fourth-order valence-corrected chi connectivity index (χ4v) is 5.32. The molecule has 1 saturated heterocycles. The second-order valence-electron chi connectivity index (χ2n) is 7.04. The first-order chi connectivity index (χ1) is 12.9. The minimum Gasteiger partial charge on any atom is -0.372 e. The molecule has 2 aromatic rings. The van der Waals surface area contributed by atoms with Crippen molar-refractivity contribution in [2.75, 3.05) is 34.2 Å². The van der Waals surface area contributed by atoms with E-state index in [0.29, 0.717) is 12.2 Å². The molecule has 142 valence electrons. The molecule has 2 aliphatic rings. The molecule has 4 rings (SSSR count). The first-order valence-corrected chi connectivity index (χ1v) is 10.7. The third kappa shape index (κ3) is 3.39. The van der Waals surface area contributed by atoms with Gasteiger partial charge < -0.3 is 10.2 Å². The van der Waals surface area contributed by atoms with Gasteiger partial charge in [-0.15, -0.1) is 0 Å². The van der Waals surface area contributed by atoms with Gasteiger partial charge in [0.25, 0.3) is 10.0 Å². The highest BCUT2D eigenvalue weighted by Gasteiger charge is 2.31. The number of rotatable bonds is 4. The van der Waals surface area contributed by atoms with E-state index in [1.54, 1.807) is 12.1 Å². The van der Waals surface area contributed by atoms with Crippen molar-refractivity contribution in [3.63, 3.8) is 0 Å². The van der Waals surface area contributed by atoms with Crippen molar-refractivity contribution < 1.29 is 13.2 Å². The monoisotopic (exact) mass is 385 g/mol. The number of amides is 1. The van der Waals surface area contributed by atoms with E-state index in [9.17, 15) is 13.2 Å². The van der Waals surface area contributed by atoms with Crippen LogP contribution in [0.4, 0.5) is 17.1 Å². The van der Waals surface area contributed by atoms with Gasteiger partial charge in [-0.25, -0.2) is 8.42 Å². The molecule has 1 fully saturated rings. The van der Waals surface area contributed by atoms with E-state index in [4.69, 9.17) is 0 Å². The summed E-state index contributed by atoms with van der Waals surface area (Å²) < 4.78 is 27.7. The highest BCUT2D eigenvalue weighted by atomic mass is 32.2. The number of carbonyl (C=O) groups is 1. The van der Waals surface area contributed by atoms with E-state index in [2.05, 4.69) is 16.3 Å². The molecule has 0 unspecified atom stereocenters. The first kappa shape index (κ1) is 17.9. The molecule has 0 aliphatic carbocycles. The predicted molar refractivity (Wildman–Crippen MR) is 107 cm³/mol. The second-order valence-corrected chi connectivity index (χ2v) is 8.90. The number of benzene rings is 2. The fourth-order valence-electron chi connectivity index (χ4n) is 3.82. The summed E-state index contributed by atoms with van der Waals surface area (Å²) in [4.78, 5) is 13.7. The summed E-state index contributed by atoms with van der Waals surface area (Å²) >= 11 is 0. The lowest BCUT2D eigenvalue weighted by molar-refractivity contribution is -0.114. The Morgan fingerprint density at radius 3 is 2.37 bits per heavy atom. The lowest BCUT2D eigenvalue weighted by Crippen LogP contribution is -2.29. The molecule has 2 aromatic carbocycles. The van der Waals surface area contributed by atoms with Crippen LogP contribution in [0.25, 0.3) is 0 Å². The highest BCUT2D eigenvalue weighted by Crippen LogP contribution is 2.36. The van der Waals surface area contributed by atoms with E-state index < -0.39 is 10.0 Å². The van der Waals surface area contributed by atoms with Crippen molar-refractivity contribution in [3.05, 3.63) is 48.0 Å². The standard InChI is InChI=1S/C20H23N3O3S/c1-15(24)21-17-4-7-19(8-5-17)27(25,26)23-13-10-16-14-18(6-9-20(16)23)22-11-2-3-12-22/h4-9,14H,2-3,10-13H2,1H3,(H,21,24). The Morgan fingerprint density at radius 1 is 1.00 bits per heavy atom. The molecular weight excluding hydrogens is 362 g/mol. The summed E-state index contributed by atoms with van der Waals surface area (Å²) in [6.45, 7) is 4.01. The maximum atomic E-state index is 13.1. The zero-order valence-electron chi connectivity index (χ0n) is 15.3. The number of nitrogens with zero attached hydrogens (tertiary/aromatic N) is 2. The van der Waals surface area contributed by atoms with E-state index in [1.807, 2.05) is 12.1 Å². The number of sulfonamides is 1. The van der Waals surface area contributed by atoms with E-state index in [1.165, 1.54) is 41.9 Å². The van der Waals surface area contributed by atoms with Crippen molar-refractivity contribution in [1.29, 1.82) is 0 Å². The van der Waals surface area contributed by atoms with Crippen LogP contribution in [0.15, 0.2) is 47.4 Å². The van der Waals surface area contributed by atoms with Gasteiger partial charge in [0.1, 0.15) is 0 Å². The Labute approximate surface area is 159 Å². The van der Waals surface area contributed by atoms with Crippen LogP contribution in [0.1, 0.15) is 25.3 Å². The van der Waals surface area contributed by atoms with Crippen molar-refractivity contribution >= 4 is 33.0 Å². The second kappa shape index (κ2) is 6.88. The highest BCUT2D eigenvalue weighted by molar-refractivity contribution is 7.92. The van der Waals surface area contributed by atoms with Crippen LogP contribution in [-0.4, -0.2) is 34.0 Å². The average molecular weight is 385 g/mol. The van der Waals surface area contributed by atoms with Gasteiger partial charge >= 0.3 is 0 Å². The lowest BCUT2D eigenvalue weighted by Gasteiger charge is -2.22. The quantitative estimate of drug-likeness (QED) is 0.878. The number of nitrogens with one attached hydrogen (secondary N) is 1. The molecule has 1 amide bonds. The van der Waals surface area contributed by atoms with Gasteiger partial charge in [0.2, 0.25) is 5.91 Å². The SMILES string of the molecule is CC(=O)Nc1ccc(S(=O)(=O)N2CCc3cc(N4CCCC4)ccc32)cc1. The molecule has 7 heteroatoms. The van der Waals surface area contributed by atoms with Crippen LogP contribution < -0.4 is 14.5 Å². The van der Waals surface area contributed by atoms with Crippen LogP contribution in [0, 0.1) is 0 Å². The number of hydrogen-bond donors (Lipinski definition) is 1. The van der Waals surface area contributed by atoms with E-state index >= 15 is 0 Å². The van der Waals surface area contributed by atoms with Gasteiger partial charge in [0, 0.05) is 37.9 Å². The molecule has 2 heterocycles. The minimum atomic E-state index is -3.62. The largest absolute Gasteiger partial charge is 0.372 e. The first-order valence-electron chi connectivity index (χ1n) is 9.23. The Bertz CT molecular complexity index is 964. The third-order valence-corrected chi connectivity index (χ3v) is 6.98. The number of anilines is 3. The Kier molecular flexibility index (Phi) is 4.55. The zero-order valence-corrected chi connectivity index (χ0v) is 16.1. The van der Waals surface area contributed by atoms with Gasteiger partial charge in [-0.2, -0.15) is 0 Å². The maximum Gasteiger partial charge on any atom is 0.264 e. The Morgan fingerprint density at radius 2 is 1.70 bits per heavy atom. The summed E-state index contributed by atoms with van der Waals surface area (Å²) in [5.41, 5.74) is 3.62. The molecule has 1 N–H and O–H groups in total. The summed E-state index contributed by atoms with van der Waals surface area (Å²) in [6, 6.07) is 12.4. The minimum absolute atomic E-state index is 0.187. The average Bonchev–Trinajstić information content (AvgIpc) is 3.31. The topological polar surface area (TPSA) is 69.7 Å². The molecule has 6 nitrogen and oxygen atoms in total. The Hall–Kier alpha value is -2.54. The molecule has 0 bridgehead atoms. The van der Waals surface area contributed by atoms with Crippen molar-refractivity contribution in [2.45, 2.75) is 31.1 Å². The van der Waals surface area contributed by atoms with E-state index in [0.717, 1.165) is 30.8 Å². The van der Waals surface area contributed by atoms with Gasteiger partial charge in [-0.3, -0.25) is 9.10 Å². The molecule has 0 saturated carbocycles. The van der Waals surface area contributed by atoms with E-state index in [-0.39, 0.29) is 10.8 Å². The van der Waals surface area contributed by atoms with Gasteiger partial charge in [0.15, 0.2) is 0 Å². The van der Waals surface area contributed by atoms with Crippen LogP contribution in [0.3, 0.4) is 0 Å².